The maximum absolute atomic E-state index is 10.8. The molecule has 1 aliphatic carbocycles. The molecule has 76 valence electrons. The van der Waals surface area contributed by atoms with Crippen LogP contribution in [0.3, 0.4) is 0 Å². The summed E-state index contributed by atoms with van der Waals surface area (Å²) in [4.78, 5) is 9.93. The lowest BCUT2D eigenvalue weighted by Gasteiger charge is -2.38. The first-order chi connectivity index (χ1) is 5.99. The molecule has 0 unspecified atom stereocenters. The molecule has 1 fully saturated rings. The molecule has 0 bridgehead atoms. The first kappa shape index (κ1) is 11.0. The van der Waals surface area contributed by atoms with E-state index in [1.54, 1.807) is 0 Å². The summed E-state index contributed by atoms with van der Waals surface area (Å²) in [7, 11) is 0. The molecular weight excluding hydrogens is 186 g/mol. The van der Waals surface area contributed by atoms with Gasteiger partial charge in [-0.3, -0.25) is 0 Å². The lowest BCUT2D eigenvalue weighted by Crippen LogP contribution is -2.38. The second-order valence-corrected chi connectivity index (χ2v) is 5.30. The number of hydrogen-bond acceptors (Lipinski definition) is 2. The maximum Gasteiger partial charge on any atom is 0.178 e. The highest BCUT2D eigenvalue weighted by Crippen LogP contribution is 2.45. The molecule has 0 saturated heterocycles. The van der Waals surface area contributed by atoms with Gasteiger partial charge < -0.3 is 0 Å². The molecule has 3 atom stereocenters. The Morgan fingerprint density at radius 1 is 1.46 bits per heavy atom. The molecular formula is C10H18ClNO. The Balaban J connectivity index is 2.78. The second-order valence-electron chi connectivity index (χ2n) is 4.65. The van der Waals surface area contributed by atoms with Gasteiger partial charge in [-0.05, 0) is 29.9 Å². The molecule has 0 spiro atoms. The highest BCUT2D eigenvalue weighted by atomic mass is 35.5. The molecule has 0 radical (unpaired) electrons. The molecule has 0 aromatic carbocycles. The van der Waals surface area contributed by atoms with Gasteiger partial charge in [0.2, 0.25) is 0 Å². The Labute approximate surface area is 85.0 Å². The van der Waals surface area contributed by atoms with Crippen molar-refractivity contribution < 1.29 is 0 Å². The van der Waals surface area contributed by atoms with Gasteiger partial charge in [0.25, 0.3) is 0 Å². The maximum atomic E-state index is 10.8. The number of halogens is 1. The zero-order valence-corrected chi connectivity index (χ0v) is 9.34. The Morgan fingerprint density at radius 3 is 2.54 bits per heavy atom. The molecule has 0 heterocycles. The van der Waals surface area contributed by atoms with Crippen LogP contribution in [0.4, 0.5) is 0 Å². The van der Waals surface area contributed by atoms with E-state index >= 15 is 0 Å². The molecule has 0 amide bonds. The molecule has 1 saturated carbocycles. The van der Waals surface area contributed by atoms with Gasteiger partial charge in [-0.1, -0.05) is 38.8 Å². The van der Waals surface area contributed by atoms with E-state index in [-0.39, 0.29) is 5.92 Å². The largest absolute Gasteiger partial charge is 0.178 e. The van der Waals surface area contributed by atoms with E-state index in [1.165, 1.54) is 6.42 Å². The average molecular weight is 204 g/mol. The quantitative estimate of drug-likeness (QED) is 0.382. The molecule has 1 rings (SSSR count). The first-order valence-corrected chi connectivity index (χ1v) is 5.41. The fraction of sp³-hybridized carbons (Fsp3) is 1.00. The first-order valence-electron chi connectivity index (χ1n) is 5.03. The minimum atomic E-state index is -0.828. The molecule has 13 heavy (non-hydrogen) atoms. The summed E-state index contributed by atoms with van der Waals surface area (Å²) in [5, 5.41) is 3.15. The predicted molar refractivity (Wildman–Crippen MR) is 55.7 cm³/mol. The van der Waals surface area contributed by atoms with Crippen LogP contribution < -0.4 is 0 Å². The van der Waals surface area contributed by atoms with Crippen molar-refractivity contribution in [1.82, 2.24) is 0 Å². The van der Waals surface area contributed by atoms with E-state index in [0.717, 1.165) is 12.8 Å². The number of alkyl halides is 1. The van der Waals surface area contributed by atoms with Crippen molar-refractivity contribution in [2.45, 2.75) is 45.0 Å². The molecule has 0 aromatic rings. The fourth-order valence-electron chi connectivity index (χ4n) is 2.38. The van der Waals surface area contributed by atoms with Crippen LogP contribution in [-0.2, 0) is 0 Å². The van der Waals surface area contributed by atoms with Crippen LogP contribution in [0.15, 0.2) is 5.18 Å². The van der Waals surface area contributed by atoms with Gasteiger partial charge in [0.1, 0.15) is 0 Å². The monoisotopic (exact) mass is 203 g/mol. The van der Waals surface area contributed by atoms with Crippen molar-refractivity contribution in [3.05, 3.63) is 4.91 Å². The molecule has 0 aliphatic heterocycles. The van der Waals surface area contributed by atoms with Gasteiger partial charge in [0.05, 0.1) is 0 Å². The summed E-state index contributed by atoms with van der Waals surface area (Å²) in [6, 6.07) is 0. The van der Waals surface area contributed by atoms with Crippen LogP contribution in [0.2, 0.25) is 0 Å². The van der Waals surface area contributed by atoms with Crippen molar-refractivity contribution in [1.29, 1.82) is 0 Å². The SMILES string of the molecule is CC(C)[C@@H]1CC[C@@H](C)C[C@]1(Cl)N=O. The third kappa shape index (κ3) is 2.22. The summed E-state index contributed by atoms with van der Waals surface area (Å²) < 4.78 is 0. The zero-order chi connectivity index (χ0) is 10.1. The summed E-state index contributed by atoms with van der Waals surface area (Å²) in [6.07, 6.45) is 2.95. The summed E-state index contributed by atoms with van der Waals surface area (Å²) in [5.41, 5.74) is 0. The number of rotatable bonds is 2. The van der Waals surface area contributed by atoms with Crippen LogP contribution in [0, 0.1) is 22.7 Å². The van der Waals surface area contributed by atoms with Crippen LogP contribution in [0.1, 0.15) is 40.0 Å². The highest BCUT2D eigenvalue weighted by molar-refractivity contribution is 6.24. The van der Waals surface area contributed by atoms with E-state index in [4.69, 9.17) is 11.6 Å². The third-order valence-corrected chi connectivity index (χ3v) is 3.63. The van der Waals surface area contributed by atoms with Gasteiger partial charge in [-0.2, -0.15) is 0 Å². The minimum absolute atomic E-state index is 0.253. The fourth-order valence-corrected chi connectivity index (χ4v) is 3.00. The highest BCUT2D eigenvalue weighted by Gasteiger charge is 2.44. The zero-order valence-electron chi connectivity index (χ0n) is 8.59. The summed E-state index contributed by atoms with van der Waals surface area (Å²) >= 11 is 6.24. The number of nitrogens with zero attached hydrogens (tertiary/aromatic N) is 1. The lowest BCUT2D eigenvalue weighted by molar-refractivity contribution is 0.172. The van der Waals surface area contributed by atoms with Crippen LogP contribution >= 0.6 is 11.6 Å². The Kier molecular flexibility index (Phi) is 3.33. The van der Waals surface area contributed by atoms with Gasteiger partial charge in [0, 0.05) is 5.92 Å². The van der Waals surface area contributed by atoms with Crippen molar-refractivity contribution in [3.63, 3.8) is 0 Å². The topological polar surface area (TPSA) is 29.4 Å². The summed E-state index contributed by atoms with van der Waals surface area (Å²) in [6.45, 7) is 6.37. The third-order valence-electron chi connectivity index (χ3n) is 3.13. The number of nitroso groups, excluding NO2 is 1. The van der Waals surface area contributed by atoms with E-state index in [0.29, 0.717) is 11.8 Å². The standard InChI is InChI=1S/C10H18ClNO/c1-7(2)9-5-4-8(3)6-10(9,11)12-13/h7-9H,4-6H2,1-3H3/t8-,9+,10+/m1/s1. The van der Waals surface area contributed by atoms with Gasteiger partial charge in [0.15, 0.2) is 5.00 Å². The smallest absolute Gasteiger partial charge is 0.149 e. The Morgan fingerprint density at radius 2 is 2.08 bits per heavy atom. The minimum Gasteiger partial charge on any atom is -0.149 e. The van der Waals surface area contributed by atoms with Crippen molar-refractivity contribution in [2.75, 3.05) is 0 Å². The molecule has 0 N–H and O–H groups in total. The average Bonchev–Trinajstić information content (AvgIpc) is 2.03. The summed E-state index contributed by atoms with van der Waals surface area (Å²) in [5.74, 6) is 1.23. The van der Waals surface area contributed by atoms with Gasteiger partial charge in [-0.25, -0.2) is 0 Å². The molecule has 1 aliphatic rings. The van der Waals surface area contributed by atoms with Crippen LogP contribution in [-0.4, -0.2) is 5.00 Å². The van der Waals surface area contributed by atoms with Crippen molar-refractivity contribution in [2.24, 2.45) is 22.9 Å². The number of hydrogen-bond donors (Lipinski definition) is 0. The normalized spacial score (nSPS) is 40.7. The molecule has 2 nitrogen and oxygen atoms in total. The van der Waals surface area contributed by atoms with E-state index < -0.39 is 5.00 Å². The molecule has 3 heteroatoms. The van der Waals surface area contributed by atoms with Crippen molar-refractivity contribution in [3.8, 4) is 0 Å². The Bertz CT molecular complexity index is 195. The van der Waals surface area contributed by atoms with Gasteiger partial charge >= 0.3 is 0 Å². The van der Waals surface area contributed by atoms with Crippen LogP contribution in [0.25, 0.3) is 0 Å². The van der Waals surface area contributed by atoms with E-state index in [2.05, 4.69) is 25.9 Å². The Hall–Kier alpha value is -0.110. The van der Waals surface area contributed by atoms with E-state index in [9.17, 15) is 4.91 Å². The van der Waals surface area contributed by atoms with E-state index in [1.807, 2.05) is 0 Å². The predicted octanol–water partition coefficient (Wildman–Crippen LogP) is 3.78. The second kappa shape index (κ2) is 3.95. The van der Waals surface area contributed by atoms with Crippen LogP contribution in [0.5, 0.6) is 0 Å². The van der Waals surface area contributed by atoms with Gasteiger partial charge in [-0.15, -0.1) is 4.91 Å². The van der Waals surface area contributed by atoms with Crippen molar-refractivity contribution >= 4 is 11.6 Å². The molecule has 0 aromatic heterocycles. The lowest BCUT2D eigenvalue weighted by atomic mass is 9.74.